The van der Waals surface area contributed by atoms with Crippen molar-refractivity contribution in [2.75, 3.05) is 29.9 Å². The molecule has 132 valence electrons. The first-order valence-electron chi connectivity index (χ1n) is 7.98. The van der Waals surface area contributed by atoms with Crippen molar-refractivity contribution >= 4 is 17.3 Å². The average molecular weight is 349 g/mol. The number of halogens is 3. The summed E-state index contributed by atoms with van der Waals surface area (Å²) in [5.41, 5.74) is 6.07. The van der Waals surface area contributed by atoms with Gasteiger partial charge in [-0.2, -0.15) is 0 Å². The van der Waals surface area contributed by atoms with E-state index in [4.69, 9.17) is 5.73 Å². The summed E-state index contributed by atoms with van der Waals surface area (Å²) in [5, 5.41) is 3.07. The highest BCUT2D eigenvalue weighted by Gasteiger charge is 2.24. The van der Waals surface area contributed by atoms with Crippen LogP contribution in [0.1, 0.15) is 16.8 Å². The molecule has 1 aliphatic heterocycles. The lowest BCUT2D eigenvalue weighted by Crippen LogP contribution is -2.23. The van der Waals surface area contributed by atoms with Gasteiger partial charge in [0.1, 0.15) is 5.82 Å². The van der Waals surface area contributed by atoms with Gasteiger partial charge in [-0.25, -0.2) is 13.2 Å². The van der Waals surface area contributed by atoms with Gasteiger partial charge in [0.25, 0.3) is 5.91 Å². The van der Waals surface area contributed by atoms with Gasteiger partial charge in [-0.05, 0) is 36.6 Å². The molecule has 2 aromatic rings. The summed E-state index contributed by atoms with van der Waals surface area (Å²) in [6.07, 6.45) is 0.840. The van der Waals surface area contributed by atoms with E-state index in [9.17, 15) is 18.0 Å². The molecule has 25 heavy (non-hydrogen) atoms. The molecule has 1 saturated heterocycles. The average Bonchev–Trinajstić information content (AvgIpc) is 3.04. The van der Waals surface area contributed by atoms with Crippen LogP contribution < -0.4 is 16.0 Å². The van der Waals surface area contributed by atoms with Crippen LogP contribution in [0.3, 0.4) is 0 Å². The van der Waals surface area contributed by atoms with Crippen LogP contribution in [0, 0.1) is 23.4 Å². The first-order valence-corrected chi connectivity index (χ1v) is 7.98. The predicted octanol–water partition coefficient (Wildman–Crippen LogP) is 3.14. The normalized spacial score (nSPS) is 16.9. The Bertz CT molecular complexity index is 797. The first-order chi connectivity index (χ1) is 12.0. The number of benzene rings is 2. The van der Waals surface area contributed by atoms with E-state index in [1.54, 1.807) is 12.1 Å². The Balaban J connectivity index is 1.64. The minimum Gasteiger partial charge on any atom is -0.384 e. The van der Waals surface area contributed by atoms with Gasteiger partial charge >= 0.3 is 0 Å². The van der Waals surface area contributed by atoms with Gasteiger partial charge in [-0.3, -0.25) is 4.79 Å². The molecule has 0 spiro atoms. The van der Waals surface area contributed by atoms with E-state index in [0.717, 1.165) is 12.5 Å². The number of carbonyl (C=O) groups is 1. The molecule has 1 aliphatic rings. The fraction of sp³-hybridized carbons (Fsp3) is 0.278. The van der Waals surface area contributed by atoms with Crippen LogP contribution in [0.15, 0.2) is 36.4 Å². The zero-order valence-corrected chi connectivity index (χ0v) is 13.4. The van der Waals surface area contributed by atoms with Crippen LogP contribution in [-0.2, 0) is 0 Å². The van der Waals surface area contributed by atoms with Crippen molar-refractivity contribution in [3.8, 4) is 0 Å². The molecule has 2 aromatic carbocycles. The summed E-state index contributed by atoms with van der Waals surface area (Å²) in [5.74, 6) is -3.00. The number of carbonyl (C=O) groups excluding carboxylic acids is 1. The Morgan fingerprint density at radius 3 is 2.68 bits per heavy atom. The van der Waals surface area contributed by atoms with Gasteiger partial charge in [0.2, 0.25) is 0 Å². The highest BCUT2D eigenvalue weighted by atomic mass is 19.2. The van der Waals surface area contributed by atoms with Crippen LogP contribution in [-0.4, -0.2) is 25.5 Å². The number of anilines is 2. The summed E-state index contributed by atoms with van der Waals surface area (Å²) in [7, 11) is 0. The maximum absolute atomic E-state index is 13.7. The van der Waals surface area contributed by atoms with E-state index in [0.29, 0.717) is 31.0 Å². The van der Waals surface area contributed by atoms with Gasteiger partial charge in [0.15, 0.2) is 11.6 Å². The number of rotatable bonds is 5. The number of nitrogens with two attached hydrogens (primary N) is 1. The first kappa shape index (κ1) is 17.1. The van der Waals surface area contributed by atoms with Crippen molar-refractivity contribution in [3.63, 3.8) is 0 Å². The van der Waals surface area contributed by atoms with Crippen molar-refractivity contribution in [3.05, 3.63) is 59.4 Å². The third kappa shape index (κ3) is 3.70. The Kier molecular flexibility index (Phi) is 4.83. The third-order valence-corrected chi connectivity index (χ3v) is 4.40. The third-order valence-electron chi connectivity index (χ3n) is 4.40. The molecule has 3 N–H and O–H groups in total. The molecule has 3 rings (SSSR count). The summed E-state index contributed by atoms with van der Waals surface area (Å²) < 4.78 is 40.1. The second kappa shape index (κ2) is 7.04. The van der Waals surface area contributed by atoms with Crippen molar-refractivity contribution in [1.82, 2.24) is 0 Å². The van der Waals surface area contributed by atoms with Crippen LogP contribution in [0.5, 0.6) is 0 Å². The van der Waals surface area contributed by atoms with E-state index in [2.05, 4.69) is 5.32 Å². The summed E-state index contributed by atoms with van der Waals surface area (Å²) in [4.78, 5) is 13.4. The molecule has 4 nitrogen and oxygen atoms in total. The summed E-state index contributed by atoms with van der Waals surface area (Å²) >= 11 is 0. The molecule has 0 radical (unpaired) electrons. The van der Waals surface area contributed by atoms with Crippen molar-refractivity contribution in [2.45, 2.75) is 6.42 Å². The van der Waals surface area contributed by atoms with Gasteiger partial charge in [0.05, 0.1) is 5.56 Å². The second-order valence-electron chi connectivity index (χ2n) is 6.11. The number of nitrogens with zero attached hydrogens (tertiary/aromatic N) is 1. The molecule has 1 fully saturated rings. The number of hydrogen-bond acceptors (Lipinski definition) is 3. The topological polar surface area (TPSA) is 58.4 Å². The molecule has 0 bridgehead atoms. The van der Waals surface area contributed by atoms with Crippen LogP contribution in [0.25, 0.3) is 0 Å². The number of amides is 1. The molecule has 1 heterocycles. The molecule has 0 aromatic heterocycles. The van der Waals surface area contributed by atoms with Crippen molar-refractivity contribution in [2.24, 2.45) is 11.7 Å². The highest BCUT2D eigenvalue weighted by Crippen LogP contribution is 2.26. The molecule has 0 aliphatic carbocycles. The molecule has 7 heteroatoms. The number of nitrogens with one attached hydrogen (secondary N) is 1. The van der Waals surface area contributed by atoms with Gasteiger partial charge < -0.3 is 16.0 Å². The van der Waals surface area contributed by atoms with Crippen molar-refractivity contribution < 1.29 is 18.0 Å². The maximum Gasteiger partial charge on any atom is 0.253 e. The molecule has 1 amide bonds. The lowest BCUT2D eigenvalue weighted by Gasteiger charge is -2.19. The number of hydrogen-bond donors (Lipinski definition) is 2. The van der Waals surface area contributed by atoms with E-state index in [-0.39, 0.29) is 11.5 Å². The minimum absolute atomic E-state index is 0.155. The van der Waals surface area contributed by atoms with E-state index >= 15 is 0 Å². The Morgan fingerprint density at radius 1 is 1.16 bits per heavy atom. The van der Waals surface area contributed by atoms with Gasteiger partial charge in [0, 0.05) is 37.1 Å². The second-order valence-corrected chi connectivity index (χ2v) is 6.11. The maximum atomic E-state index is 13.7. The SMILES string of the molecule is NC(=O)c1c(F)cccc1NCC1CCN(c2ccc(F)c(F)c2)C1. The van der Waals surface area contributed by atoms with Crippen LogP contribution in [0.2, 0.25) is 0 Å². The van der Waals surface area contributed by atoms with Gasteiger partial charge in [-0.1, -0.05) is 6.07 Å². The predicted molar refractivity (Wildman–Crippen MR) is 90.1 cm³/mol. The largest absolute Gasteiger partial charge is 0.384 e. The quantitative estimate of drug-likeness (QED) is 0.872. The molecule has 1 unspecified atom stereocenters. The lowest BCUT2D eigenvalue weighted by molar-refractivity contribution is 0.0997. The summed E-state index contributed by atoms with van der Waals surface area (Å²) in [6.45, 7) is 1.88. The standard InChI is InChI=1S/C18H18F3N3O/c19-13-5-4-12(8-15(13)21)24-7-6-11(10-24)9-23-16-3-1-2-14(20)17(16)18(22)25/h1-5,8,11,23H,6-7,9-10H2,(H2,22,25). The zero-order valence-electron chi connectivity index (χ0n) is 13.4. The van der Waals surface area contributed by atoms with Crippen molar-refractivity contribution in [1.29, 1.82) is 0 Å². The molecular weight excluding hydrogens is 331 g/mol. The van der Waals surface area contributed by atoms with E-state index in [1.165, 1.54) is 18.2 Å². The lowest BCUT2D eigenvalue weighted by atomic mass is 10.1. The highest BCUT2D eigenvalue weighted by molar-refractivity contribution is 5.98. The molecular formula is C18H18F3N3O. The van der Waals surface area contributed by atoms with Crippen LogP contribution >= 0.6 is 0 Å². The summed E-state index contributed by atoms with van der Waals surface area (Å²) in [6, 6.07) is 8.14. The Morgan fingerprint density at radius 2 is 1.96 bits per heavy atom. The van der Waals surface area contributed by atoms with Gasteiger partial charge in [-0.15, -0.1) is 0 Å². The monoisotopic (exact) mass is 349 g/mol. The van der Waals surface area contributed by atoms with E-state index < -0.39 is 23.4 Å². The fourth-order valence-electron chi connectivity index (χ4n) is 3.09. The van der Waals surface area contributed by atoms with Crippen LogP contribution in [0.4, 0.5) is 24.5 Å². The van der Waals surface area contributed by atoms with E-state index in [1.807, 2.05) is 4.90 Å². The Labute approximate surface area is 143 Å². The number of primary amides is 1. The Hall–Kier alpha value is -2.70. The zero-order chi connectivity index (χ0) is 18.0. The smallest absolute Gasteiger partial charge is 0.253 e. The molecule has 1 atom stereocenters. The minimum atomic E-state index is -0.870. The molecule has 0 saturated carbocycles. The fourth-order valence-corrected chi connectivity index (χ4v) is 3.09.